The monoisotopic (exact) mass is 420 g/mol. The molecule has 1 heterocycles. The van der Waals surface area contributed by atoms with E-state index in [1.54, 1.807) is 24.7 Å². The van der Waals surface area contributed by atoms with Crippen molar-refractivity contribution < 1.29 is 14.4 Å². The summed E-state index contributed by atoms with van der Waals surface area (Å²) in [5, 5.41) is 6.94. The lowest BCUT2D eigenvalue weighted by Gasteiger charge is -2.20. The third kappa shape index (κ3) is 5.27. The molecular weight excluding hydrogens is 396 g/mol. The van der Waals surface area contributed by atoms with Gasteiger partial charge in [-0.15, -0.1) is 0 Å². The summed E-state index contributed by atoms with van der Waals surface area (Å²) in [7, 11) is 0. The summed E-state index contributed by atoms with van der Waals surface area (Å²) in [5.74, 6) is -1.36. The molecule has 0 aliphatic heterocycles. The van der Waals surface area contributed by atoms with Crippen molar-refractivity contribution in [1.29, 1.82) is 0 Å². The second-order valence-corrected chi connectivity index (χ2v) is 7.21. The van der Waals surface area contributed by atoms with E-state index in [0.29, 0.717) is 5.69 Å². The molecule has 1 atom stereocenters. The number of hydrogen-bond acceptors (Lipinski definition) is 4. The largest absolute Gasteiger partial charge is 0.352 e. The Balaban J connectivity index is 1.85. The van der Waals surface area contributed by atoms with Gasteiger partial charge in [-0.2, -0.15) is 5.10 Å². The molecule has 3 aromatic rings. The van der Waals surface area contributed by atoms with Crippen LogP contribution in [-0.2, 0) is 4.79 Å². The van der Waals surface area contributed by atoms with Crippen LogP contribution in [0.3, 0.4) is 0 Å². The summed E-state index contributed by atoms with van der Waals surface area (Å²) in [6, 6.07) is 16.9. The van der Waals surface area contributed by atoms with Crippen LogP contribution in [0.25, 0.3) is 16.9 Å². The quantitative estimate of drug-likeness (QED) is 0.454. The number of amides is 4. The molecule has 0 spiro atoms. The van der Waals surface area contributed by atoms with Crippen molar-refractivity contribution in [2.75, 3.05) is 0 Å². The fourth-order valence-corrected chi connectivity index (χ4v) is 3.01. The van der Waals surface area contributed by atoms with Gasteiger partial charge in [0.25, 0.3) is 11.8 Å². The van der Waals surface area contributed by atoms with Crippen molar-refractivity contribution in [1.82, 2.24) is 25.9 Å². The normalized spacial score (nSPS) is 11.6. The van der Waals surface area contributed by atoms with Crippen molar-refractivity contribution in [2.45, 2.75) is 19.9 Å². The van der Waals surface area contributed by atoms with Gasteiger partial charge in [0.05, 0.1) is 11.3 Å². The van der Waals surface area contributed by atoms with Gasteiger partial charge in [0.1, 0.15) is 11.7 Å². The zero-order chi connectivity index (χ0) is 22.4. The first-order chi connectivity index (χ1) is 14.9. The third-order valence-electron chi connectivity index (χ3n) is 4.57. The molecule has 5 N–H and O–H groups in total. The molecule has 0 fully saturated rings. The van der Waals surface area contributed by atoms with E-state index in [9.17, 15) is 14.4 Å². The Morgan fingerprint density at radius 2 is 1.55 bits per heavy atom. The Bertz CT molecular complexity index is 1060. The van der Waals surface area contributed by atoms with Crippen LogP contribution in [0, 0.1) is 5.92 Å². The van der Waals surface area contributed by atoms with Crippen LogP contribution in [0.4, 0.5) is 4.79 Å². The summed E-state index contributed by atoms with van der Waals surface area (Å²) in [4.78, 5) is 36.5. The van der Waals surface area contributed by atoms with Gasteiger partial charge in [-0.1, -0.05) is 62.4 Å². The summed E-state index contributed by atoms with van der Waals surface area (Å²) in [6.07, 6.45) is 1.60. The molecule has 0 bridgehead atoms. The Hall–Kier alpha value is -4.14. The van der Waals surface area contributed by atoms with Crippen LogP contribution in [0.15, 0.2) is 66.9 Å². The van der Waals surface area contributed by atoms with Crippen molar-refractivity contribution in [3.05, 3.63) is 72.4 Å². The first kappa shape index (κ1) is 21.6. The van der Waals surface area contributed by atoms with Crippen molar-refractivity contribution >= 4 is 17.8 Å². The number of hydrazine groups is 1. The number of para-hydroxylation sites is 1. The number of carbonyl (C=O) groups excluding carboxylic acids is 3. The molecule has 0 saturated carbocycles. The minimum atomic E-state index is -0.890. The predicted octanol–water partition coefficient (Wildman–Crippen LogP) is 1.99. The Labute approximate surface area is 179 Å². The van der Waals surface area contributed by atoms with E-state index < -0.39 is 23.9 Å². The van der Waals surface area contributed by atoms with Gasteiger partial charge >= 0.3 is 6.03 Å². The Morgan fingerprint density at radius 3 is 2.13 bits per heavy atom. The molecule has 0 saturated heterocycles. The molecule has 1 unspecified atom stereocenters. The summed E-state index contributed by atoms with van der Waals surface area (Å²) in [5.41, 5.74) is 12.2. The number of nitrogens with one attached hydrogen (secondary N) is 3. The maximum absolute atomic E-state index is 12.9. The zero-order valence-electron chi connectivity index (χ0n) is 17.2. The van der Waals surface area contributed by atoms with Crippen LogP contribution in [0.1, 0.15) is 24.2 Å². The lowest BCUT2D eigenvalue weighted by molar-refractivity contribution is -0.124. The van der Waals surface area contributed by atoms with E-state index in [4.69, 9.17) is 5.73 Å². The highest BCUT2D eigenvalue weighted by molar-refractivity contribution is 6.01. The molecule has 9 nitrogen and oxygen atoms in total. The van der Waals surface area contributed by atoms with E-state index >= 15 is 0 Å². The zero-order valence-corrected chi connectivity index (χ0v) is 17.2. The van der Waals surface area contributed by atoms with Gasteiger partial charge in [-0.3, -0.25) is 20.4 Å². The Morgan fingerprint density at radius 1 is 0.935 bits per heavy atom. The van der Waals surface area contributed by atoms with Crippen LogP contribution >= 0.6 is 0 Å². The number of urea groups is 1. The number of benzene rings is 2. The number of carbonyl (C=O) groups is 3. The minimum Gasteiger partial charge on any atom is -0.352 e. The molecule has 160 valence electrons. The molecular formula is C22H24N6O3. The number of primary amides is 1. The summed E-state index contributed by atoms with van der Waals surface area (Å²) < 4.78 is 1.60. The maximum Gasteiger partial charge on any atom is 0.312 e. The van der Waals surface area contributed by atoms with E-state index in [1.165, 1.54) is 0 Å². The molecule has 0 aliphatic rings. The van der Waals surface area contributed by atoms with Crippen LogP contribution < -0.4 is 21.9 Å². The van der Waals surface area contributed by atoms with Gasteiger partial charge in [-0.05, 0) is 18.1 Å². The van der Waals surface area contributed by atoms with Crippen LogP contribution in [-0.4, -0.2) is 33.7 Å². The van der Waals surface area contributed by atoms with Gasteiger partial charge < -0.3 is 11.1 Å². The average Bonchev–Trinajstić information content (AvgIpc) is 3.22. The third-order valence-corrected chi connectivity index (χ3v) is 4.57. The molecule has 2 aromatic carbocycles. The van der Waals surface area contributed by atoms with Gasteiger partial charge in [0.15, 0.2) is 0 Å². The van der Waals surface area contributed by atoms with E-state index in [0.717, 1.165) is 11.3 Å². The molecule has 0 radical (unpaired) electrons. The second-order valence-electron chi connectivity index (χ2n) is 7.21. The summed E-state index contributed by atoms with van der Waals surface area (Å²) in [6.45, 7) is 3.50. The first-order valence-corrected chi connectivity index (χ1v) is 9.73. The highest BCUT2D eigenvalue weighted by Crippen LogP contribution is 2.23. The molecule has 31 heavy (non-hydrogen) atoms. The SMILES string of the molecule is CC(C)C(NC(N)=O)C(=O)NNC(=O)c1cn(-c2ccccc2)nc1-c1ccccc1. The average molecular weight is 420 g/mol. The number of aromatic nitrogens is 2. The van der Waals surface area contributed by atoms with Gasteiger partial charge in [0, 0.05) is 11.8 Å². The smallest absolute Gasteiger partial charge is 0.312 e. The number of hydrogen-bond donors (Lipinski definition) is 4. The Kier molecular flexibility index (Phi) is 6.66. The second kappa shape index (κ2) is 9.57. The molecule has 1 aromatic heterocycles. The first-order valence-electron chi connectivity index (χ1n) is 9.73. The predicted molar refractivity (Wildman–Crippen MR) is 116 cm³/mol. The molecule has 0 aliphatic carbocycles. The van der Waals surface area contributed by atoms with Crippen LogP contribution in [0.2, 0.25) is 0 Å². The van der Waals surface area contributed by atoms with E-state index in [1.807, 2.05) is 60.7 Å². The van der Waals surface area contributed by atoms with E-state index in [2.05, 4.69) is 21.3 Å². The minimum absolute atomic E-state index is 0.231. The fourth-order valence-electron chi connectivity index (χ4n) is 3.01. The van der Waals surface area contributed by atoms with Gasteiger partial charge in [-0.25, -0.2) is 9.48 Å². The highest BCUT2D eigenvalue weighted by Gasteiger charge is 2.25. The van der Waals surface area contributed by atoms with Crippen molar-refractivity contribution in [2.24, 2.45) is 11.7 Å². The lowest BCUT2D eigenvalue weighted by atomic mass is 10.0. The molecule has 4 amide bonds. The topological polar surface area (TPSA) is 131 Å². The number of nitrogens with two attached hydrogens (primary N) is 1. The van der Waals surface area contributed by atoms with Gasteiger partial charge in [0.2, 0.25) is 0 Å². The molecule has 9 heteroatoms. The number of rotatable bonds is 6. The fraction of sp³-hybridized carbons (Fsp3) is 0.182. The van der Waals surface area contributed by atoms with Crippen molar-refractivity contribution in [3.63, 3.8) is 0 Å². The standard InChI is InChI=1S/C22H24N6O3/c1-14(2)18(24-22(23)31)21(30)26-25-20(29)17-13-28(16-11-7-4-8-12-16)27-19(17)15-9-5-3-6-10-15/h3-14,18H,1-2H3,(H,25,29)(H,26,30)(H3,23,24,31). The highest BCUT2D eigenvalue weighted by atomic mass is 16.2. The number of nitrogens with zero attached hydrogens (tertiary/aromatic N) is 2. The maximum atomic E-state index is 12.9. The van der Waals surface area contributed by atoms with Crippen molar-refractivity contribution in [3.8, 4) is 16.9 Å². The molecule has 3 rings (SSSR count). The summed E-state index contributed by atoms with van der Waals surface area (Å²) >= 11 is 0. The lowest BCUT2D eigenvalue weighted by Crippen LogP contribution is -2.55. The van der Waals surface area contributed by atoms with E-state index in [-0.39, 0.29) is 11.5 Å². The van der Waals surface area contributed by atoms with Crippen LogP contribution in [0.5, 0.6) is 0 Å².